The highest BCUT2D eigenvalue weighted by Crippen LogP contribution is 2.54. The summed E-state index contributed by atoms with van der Waals surface area (Å²) < 4.78 is 13.0. The van der Waals surface area contributed by atoms with Crippen LogP contribution >= 0.6 is 23.2 Å². The number of aromatic nitrogens is 2. The number of pyridine rings is 2. The average molecular weight is 784 g/mol. The van der Waals surface area contributed by atoms with Crippen molar-refractivity contribution in [2.24, 2.45) is 0 Å². The van der Waals surface area contributed by atoms with Crippen molar-refractivity contribution in [3.63, 3.8) is 0 Å². The largest absolute Gasteiger partial charge is 0.490 e. The molecule has 4 aliphatic rings. The van der Waals surface area contributed by atoms with E-state index in [0.717, 1.165) is 133 Å². The average Bonchev–Trinajstić information content (AvgIpc) is 4.18. The third-order valence-electron chi connectivity index (χ3n) is 12.8. The van der Waals surface area contributed by atoms with Gasteiger partial charge in [-0.2, -0.15) is 0 Å². The Hall–Kier alpha value is -4.53. The molecule has 2 aliphatic heterocycles. The summed E-state index contributed by atoms with van der Waals surface area (Å²) in [5.74, 6) is 2.27. The van der Waals surface area contributed by atoms with Gasteiger partial charge in [-0.1, -0.05) is 71.7 Å². The highest BCUT2D eigenvalue weighted by Gasteiger charge is 2.66. The molecular formula is C47H44Cl2N4O3. The summed E-state index contributed by atoms with van der Waals surface area (Å²) in [4.78, 5) is 27.8. The van der Waals surface area contributed by atoms with E-state index in [2.05, 4.69) is 92.6 Å². The van der Waals surface area contributed by atoms with Gasteiger partial charge < -0.3 is 9.47 Å². The number of carbonyl (C=O) groups excluding carboxylic acids is 1. The number of ether oxygens (including phenoxy) is 2. The van der Waals surface area contributed by atoms with Crippen LogP contribution in [0.1, 0.15) is 51.4 Å². The fraction of sp³-hybridized carbons (Fsp3) is 0.340. The van der Waals surface area contributed by atoms with Gasteiger partial charge in [-0.3, -0.25) is 14.6 Å². The van der Waals surface area contributed by atoms with Gasteiger partial charge in [-0.15, -0.1) is 0 Å². The van der Waals surface area contributed by atoms with E-state index in [-0.39, 0.29) is 23.3 Å². The molecule has 0 amide bonds. The summed E-state index contributed by atoms with van der Waals surface area (Å²) >= 11 is 12.5. The third-order valence-corrected chi connectivity index (χ3v) is 13.4. The molecular weight excluding hydrogens is 739 g/mol. The molecule has 4 heterocycles. The number of likely N-dealkylation sites (tertiary alicyclic amines) is 2. The van der Waals surface area contributed by atoms with E-state index in [1.54, 1.807) is 12.4 Å². The molecule has 0 atom stereocenters. The van der Waals surface area contributed by atoms with Crippen LogP contribution in [0, 0.1) is 0 Å². The second-order valence-corrected chi connectivity index (χ2v) is 16.8. The topological polar surface area (TPSA) is 67.8 Å². The monoisotopic (exact) mass is 782 g/mol. The molecule has 0 radical (unpaired) electrons. The van der Waals surface area contributed by atoms with Gasteiger partial charge in [0, 0.05) is 49.3 Å². The maximum Gasteiger partial charge on any atom is 0.173 e. The van der Waals surface area contributed by atoms with Crippen molar-refractivity contribution in [2.75, 3.05) is 26.2 Å². The number of ketones is 1. The van der Waals surface area contributed by atoms with Crippen molar-refractivity contribution in [3.05, 3.63) is 120 Å². The van der Waals surface area contributed by atoms with E-state index in [4.69, 9.17) is 32.7 Å². The predicted molar refractivity (Wildman–Crippen MR) is 224 cm³/mol. The maximum atomic E-state index is 14.5. The molecule has 4 fully saturated rings. The van der Waals surface area contributed by atoms with Crippen molar-refractivity contribution < 1.29 is 14.3 Å². The SMILES string of the molecule is O=C(C1(N2CCC(Oc3ccc(-c4ccc5c(Cl)nccc5c4)cc3)CC2)CC1)C1(N2CCC(Oc3ccc(-c4ccc5c(Cl)nccc5c4)cc3)CC2)CC1. The third kappa shape index (κ3) is 6.72. The van der Waals surface area contributed by atoms with E-state index in [1.165, 1.54) is 0 Å². The minimum absolute atomic E-state index is 0.152. The van der Waals surface area contributed by atoms with Crippen molar-refractivity contribution in [2.45, 2.75) is 74.7 Å². The summed E-state index contributed by atoms with van der Waals surface area (Å²) in [5.41, 5.74) is 3.97. The number of halogens is 2. The van der Waals surface area contributed by atoms with E-state index in [0.29, 0.717) is 16.1 Å². The summed E-state index contributed by atoms with van der Waals surface area (Å²) in [5, 5.41) is 5.12. The van der Waals surface area contributed by atoms with E-state index >= 15 is 0 Å². The molecule has 4 aromatic carbocycles. The van der Waals surface area contributed by atoms with Crippen molar-refractivity contribution in [1.29, 1.82) is 0 Å². The summed E-state index contributed by atoms with van der Waals surface area (Å²) in [7, 11) is 0. The molecule has 0 unspecified atom stereocenters. The van der Waals surface area contributed by atoms with Gasteiger partial charge in [-0.25, -0.2) is 9.97 Å². The van der Waals surface area contributed by atoms with Crippen LogP contribution in [0.5, 0.6) is 11.5 Å². The fourth-order valence-electron chi connectivity index (χ4n) is 9.33. The number of piperidine rings is 2. The lowest BCUT2D eigenvalue weighted by molar-refractivity contribution is -0.135. The number of nitrogens with zero attached hydrogens (tertiary/aromatic N) is 4. The lowest BCUT2D eigenvalue weighted by Crippen LogP contribution is -2.58. The molecule has 0 spiro atoms. The summed E-state index contributed by atoms with van der Waals surface area (Å²) in [6, 6.07) is 33.3. The zero-order chi connectivity index (χ0) is 37.9. The number of fused-ring (bicyclic) bond motifs is 2. The Kier molecular flexibility index (Phi) is 9.25. The molecule has 2 saturated heterocycles. The van der Waals surface area contributed by atoms with Gasteiger partial charge in [0.15, 0.2) is 5.78 Å². The number of hydrogen-bond acceptors (Lipinski definition) is 7. The first kappa shape index (κ1) is 35.9. The van der Waals surface area contributed by atoms with Crippen LogP contribution in [-0.2, 0) is 4.79 Å². The summed E-state index contributed by atoms with van der Waals surface area (Å²) in [6.45, 7) is 3.61. The number of rotatable bonds is 10. The first-order valence-electron chi connectivity index (χ1n) is 20.0. The Balaban J connectivity index is 0.711. The second kappa shape index (κ2) is 14.4. The van der Waals surface area contributed by atoms with Crippen molar-refractivity contribution in [1.82, 2.24) is 19.8 Å². The number of Topliss-reactive ketones (excluding diaryl/α,β-unsaturated/α-hetero) is 1. The minimum Gasteiger partial charge on any atom is -0.490 e. The highest BCUT2D eigenvalue weighted by atomic mass is 35.5. The van der Waals surface area contributed by atoms with Crippen molar-refractivity contribution >= 4 is 50.5 Å². The molecule has 0 N–H and O–H groups in total. The zero-order valence-corrected chi connectivity index (χ0v) is 32.8. The lowest BCUT2D eigenvalue weighted by atomic mass is 9.93. The maximum absolute atomic E-state index is 14.5. The number of hydrogen-bond donors (Lipinski definition) is 0. The van der Waals surface area contributed by atoms with Crippen LogP contribution in [0.15, 0.2) is 109 Å². The van der Waals surface area contributed by atoms with Crippen LogP contribution in [0.3, 0.4) is 0 Å². The Morgan fingerprint density at radius 1 is 0.536 bits per heavy atom. The van der Waals surface area contributed by atoms with Gasteiger partial charge in [-0.05, 0) is 133 Å². The standard InChI is InChI=1S/C47H44Cl2N4O3/c48-43-41-11-5-33(29-35(41)13-23-50-43)31-1-7-37(8-2-31)55-39-15-25-52(26-16-39)46(19-20-46)45(54)47(21-22-47)53-27-17-40(18-28-53)56-38-9-3-32(4-10-38)34-6-12-42-36(30-34)14-24-51-44(42)49/h1-14,23-24,29-30,39-40H,15-22,25-28H2. The summed E-state index contributed by atoms with van der Waals surface area (Å²) in [6.07, 6.45) is 11.5. The van der Waals surface area contributed by atoms with Crippen LogP contribution in [0.4, 0.5) is 0 Å². The molecule has 9 heteroatoms. The highest BCUT2D eigenvalue weighted by molar-refractivity contribution is 6.34. The van der Waals surface area contributed by atoms with Crippen LogP contribution in [0.25, 0.3) is 43.8 Å². The van der Waals surface area contributed by atoms with Gasteiger partial charge in [0.25, 0.3) is 0 Å². The van der Waals surface area contributed by atoms with Gasteiger partial charge >= 0.3 is 0 Å². The van der Waals surface area contributed by atoms with Crippen LogP contribution < -0.4 is 9.47 Å². The molecule has 6 aromatic rings. The van der Waals surface area contributed by atoms with E-state index in [9.17, 15) is 4.79 Å². The zero-order valence-electron chi connectivity index (χ0n) is 31.3. The minimum atomic E-state index is -0.285. The Bertz CT molecular complexity index is 2250. The normalized spacial score (nSPS) is 19.9. The molecule has 0 bridgehead atoms. The van der Waals surface area contributed by atoms with Gasteiger partial charge in [0.05, 0.1) is 11.1 Å². The van der Waals surface area contributed by atoms with Gasteiger partial charge in [0.1, 0.15) is 34.0 Å². The van der Waals surface area contributed by atoms with Crippen LogP contribution in [0.2, 0.25) is 10.3 Å². The fourth-order valence-corrected chi connectivity index (χ4v) is 9.78. The Morgan fingerprint density at radius 3 is 1.29 bits per heavy atom. The molecule has 56 heavy (non-hydrogen) atoms. The quantitative estimate of drug-likeness (QED) is 0.128. The lowest BCUT2D eigenvalue weighted by Gasteiger charge is -2.42. The molecule has 284 valence electrons. The van der Waals surface area contributed by atoms with E-state index in [1.807, 2.05) is 24.3 Å². The van der Waals surface area contributed by atoms with Crippen molar-refractivity contribution in [3.8, 4) is 33.8 Å². The first-order chi connectivity index (χ1) is 27.4. The molecule has 2 saturated carbocycles. The number of carbonyl (C=O) groups is 1. The Labute approximate surface area is 337 Å². The predicted octanol–water partition coefficient (Wildman–Crippen LogP) is 10.4. The smallest absolute Gasteiger partial charge is 0.173 e. The first-order valence-corrected chi connectivity index (χ1v) is 20.8. The molecule has 7 nitrogen and oxygen atoms in total. The second-order valence-electron chi connectivity index (χ2n) is 16.1. The molecule has 2 aromatic heterocycles. The molecule has 2 aliphatic carbocycles. The van der Waals surface area contributed by atoms with E-state index < -0.39 is 0 Å². The van der Waals surface area contributed by atoms with Crippen LogP contribution in [-0.4, -0.2) is 75.0 Å². The Morgan fingerprint density at radius 2 is 0.911 bits per heavy atom. The number of benzene rings is 4. The van der Waals surface area contributed by atoms with Gasteiger partial charge in [0.2, 0.25) is 0 Å². The molecule has 10 rings (SSSR count).